The predicted molar refractivity (Wildman–Crippen MR) is 141 cm³/mol. The number of piperidine rings is 1. The fourth-order valence-corrected chi connectivity index (χ4v) is 5.09. The molecule has 0 atom stereocenters. The van der Waals surface area contributed by atoms with Gasteiger partial charge in [0.05, 0.1) is 46.8 Å². The highest BCUT2D eigenvalue weighted by Gasteiger charge is 2.18. The lowest BCUT2D eigenvalue weighted by molar-refractivity contribution is 0.220. The van der Waals surface area contributed by atoms with E-state index in [2.05, 4.69) is 41.1 Å². The number of imidazole rings is 2. The molecule has 6 aromatic heterocycles. The van der Waals surface area contributed by atoms with Gasteiger partial charge >= 0.3 is 0 Å². The summed E-state index contributed by atoms with van der Waals surface area (Å²) in [6, 6.07) is 6.21. The molecule has 0 bridgehead atoms. The number of pyridine rings is 3. The van der Waals surface area contributed by atoms with Crippen LogP contribution in [-0.4, -0.2) is 62.7 Å². The van der Waals surface area contributed by atoms with Crippen LogP contribution in [0.1, 0.15) is 30.5 Å². The third-order valence-corrected chi connectivity index (χ3v) is 6.94. The van der Waals surface area contributed by atoms with Crippen LogP contribution in [-0.2, 0) is 6.54 Å². The van der Waals surface area contributed by atoms with Gasteiger partial charge in [0.25, 0.3) is 0 Å². The fourth-order valence-electron chi connectivity index (χ4n) is 5.09. The Morgan fingerprint density at radius 3 is 2.68 bits per heavy atom. The first-order valence-corrected chi connectivity index (χ1v) is 12.6. The Balaban J connectivity index is 1.26. The van der Waals surface area contributed by atoms with Crippen LogP contribution in [0.15, 0.2) is 55.5 Å². The molecule has 10 nitrogen and oxygen atoms in total. The minimum Gasteiger partial charge on any atom is -0.335 e. The van der Waals surface area contributed by atoms with E-state index in [9.17, 15) is 0 Å². The molecule has 184 valence electrons. The Hall–Kier alpha value is -4.44. The zero-order chi connectivity index (χ0) is 24.8. The van der Waals surface area contributed by atoms with Gasteiger partial charge in [0.2, 0.25) is 0 Å². The predicted octanol–water partition coefficient (Wildman–Crippen LogP) is 4.44. The first-order chi connectivity index (χ1) is 18.2. The second kappa shape index (κ2) is 8.90. The summed E-state index contributed by atoms with van der Waals surface area (Å²) >= 11 is 0. The van der Waals surface area contributed by atoms with Crippen molar-refractivity contribution in [3.63, 3.8) is 0 Å². The molecule has 0 spiro atoms. The first kappa shape index (κ1) is 21.8. The molecule has 1 aliphatic rings. The quantitative estimate of drug-likeness (QED) is 0.367. The van der Waals surface area contributed by atoms with Crippen LogP contribution in [0, 0.1) is 6.92 Å². The van der Waals surface area contributed by atoms with E-state index < -0.39 is 0 Å². The molecule has 0 unspecified atom stereocenters. The van der Waals surface area contributed by atoms with Crippen LogP contribution in [0.3, 0.4) is 0 Å². The topological polar surface area (TPSA) is 117 Å². The van der Waals surface area contributed by atoms with Crippen molar-refractivity contribution in [2.24, 2.45) is 0 Å². The van der Waals surface area contributed by atoms with Crippen LogP contribution in [0.5, 0.6) is 0 Å². The molecular weight excluding hydrogens is 464 g/mol. The van der Waals surface area contributed by atoms with Gasteiger partial charge in [-0.2, -0.15) is 5.10 Å². The van der Waals surface area contributed by atoms with Crippen molar-refractivity contribution in [1.29, 1.82) is 0 Å². The molecule has 7 rings (SSSR count). The largest absolute Gasteiger partial charge is 0.335 e. The number of aromatic nitrogens is 9. The van der Waals surface area contributed by atoms with Gasteiger partial charge in [0.1, 0.15) is 11.0 Å². The number of hydrogen-bond donors (Lipinski definition) is 2. The van der Waals surface area contributed by atoms with E-state index in [0.717, 1.165) is 64.3 Å². The number of aryl methyl sites for hydroxylation is 1. The third-order valence-electron chi connectivity index (χ3n) is 6.94. The van der Waals surface area contributed by atoms with E-state index in [4.69, 9.17) is 9.97 Å². The summed E-state index contributed by atoms with van der Waals surface area (Å²) in [6.45, 7) is 5.19. The van der Waals surface area contributed by atoms with Crippen molar-refractivity contribution in [3.8, 4) is 28.5 Å². The second-order valence-corrected chi connectivity index (χ2v) is 9.65. The highest BCUT2D eigenvalue weighted by molar-refractivity contribution is 5.92. The monoisotopic (exact) mass is 490 g/mol. The highest BCUT2D eigenvalue weighted by Crippen LogP contribution is 2.29. The summed E-state index contributed by atoms with van der Waals surface area (Å²) in [5, 5.41) is 7.65. The van der Waals surface area contributed by atoms with Crippen LogP contribution in [0.4, 0.5) is 0 Å². The summed E-state index contributed by atoms with van der Waals surface area (Å²) in [4.78, 5) is 29.0. The number of likely N-dealkylation sites (tertiary alicyclic amines) is 1. The van der Waals surface area contributed by atoms with E-state index in [0.29, 0.717) is 11.5 Å². The van der Waals surface area contributed by atoms with Gasteiger partial charge in [-0.05, 0) is 56.6 Å². The maximum atomic E-state index is 4.99. The summed E-state index contributed by atoms with van der Waals surface area (Å²) < 4.78 is 1.93. The normalized spacial score (nSPS) is 14.6. The van der Waals surface area contributed by atoms with Crippen LogP contribution < -0.4 is 0 Å². The van der Waals surface area contributed by atoms with E-state index >= 15 is 0 Å². The van der Waals surface area contributed by atoms with Gasteiger partial charge in [0, 0.05) is 30.7 Å². The maximum absolute atomic E-state index is 4.99. The van der Waals surface area contributed by atoms with E-state index in [1.807, 2.05) is 42.2 Å². The molecule has 37 heavy (non-hydrogen) atoms. The molecule has 6 aromatic rings. The molecule has 0 saturated carbocycles. The van der Waals surface area contributed by atoms with Gasteiger partial charge in [-0.3, -0.25) is 20.0 Å². The Kier molecular flexibility index (Phi) is 5.24. The minimum atomic E-state index is 0.633. The first-order valence-electron chi connectivity index (χ1n) is 12.6. The molecule has 0 aliphatic carbocycles. The fraction of sp³-hybridized carbons (Fsp3) is 0.259. The molecule has 0 radical (unpaired) electrons. The zero-order valence-corrected chi connectivity index (χ0v) is 20.5. The van der Waals surface area contributed by atoms with Crippen molar-refractivity contribution in [2.75, 3.05) is 13.1 Å². The van der Waals surface area contributed by atoms with Crippen LogP contribution in [0.2, 0.25) is 0 Å². The van der Waals surface area contributed by atoms with Crippen molar-refractivity contribution in [1.82, 2.24) is 49.6 Å². The average Bonchev–Trinajstić information content (AvgIpc) is 3.66. The smallest absolute Gasteiger partial charge is 0.161 e. The Bertz CT molecular complexity index is 1720. The van der Waals surface area contributed by atoms with Gasteiger partial charge in [-0.1, -0.05) is 6.42 Å². The van der Waals surface area contributed by atoms with E-state index in [1.54, 1.807) is 18.7 Å². The summed E-state index contributed by atoms with van der Waals surface area (Å²) in [6.07, 6.45) is 15.0. The number of rotatable bonds is 5. The molecule has 7 heterocycles. The molecule has 1 aliphatic heterocycles. The number of aromatic amines is 2. The Morgan fingerprint density at radius 2 is 1.81 bits per heavy atom. The summed E-state index contributed by atoms with van der Waals surface area (Å²) in [5.74, 6) is 0.633. The van der Waals surface area contributed by atoms with Crippen LogP contribution >= 0.6 is 0 Å². The lowest BCUT2D eigenvalue weighted by atomic mass is 10.1. The SMILES string of the molecule is Cc1cn(-c2cncc3[nH]c(-c4n[nH]c5ccc(-c6cncc(CN7CCCCC7)c6)nc45)nc23)cn1. The Labute approximate surface area is 212 Å². The number of hydrogen-bond acceptors (Lipinski definition) is 7. The van der Waals surface area contributed by atoms with E-state index in [1.165, 1.54) is 24.8 Å². The number of fused-ring (bicyclic) bond motifs is 2. The molecule has 1 fully saturated rings. The third kappa shape index (κ3) is 4.05. The molecule has 10 heteroatoms. The zero-order valence-electron chi connectivity index (χ0n) is 20.5. The van der Waals surface area contributed by atoms with Gasteiger partial charge in [0.15, 0.2) is 11.5 Å². The maximum Gasteiger partial charge on any atom is 0.161 e. The molecule has 0 amide bonds. The number of H-pyrrole nitrogens is 2. The van der Waals surface area contributed by atoms with E-state index in [-0.39, 0.29) is 0 Å². The van der Waals surface area contributed by atoms with Crippen molar-refractivity contribution < 1.29 is 0 Å². The van der Waals surface area contributed by atoms with Gasteiger partial charge in [-0.15, -0.1) is 0 Å². The Morgan fingerprint density at radius 1 is 0.919 bits per heavy atom. The number of nitrogens with zero attached hydrogens (tertiary/aromatic N) is 8. The minimum absolute atomic E-state index is 0.633. The van der Waals surface area contributed by atoms with Crippen molar-refractivity contribution >= 4 is 22.1 Å². The van der Waals surface area contributed by atoms with Gasteiger partial charge in [-0.25, -0.2) is 15.0 Å². The summed E-state index contributed by atoms with van der Waals surface area (Å²) in [7, 11) is 0. The average molecular weight is 491 g/mol. The number of nitrogens with one attached hydrogen (secondary N) is 2. The lowest BCUT2D eigenvalue weighted by Crippen LogP contribution is -2.29. The van der Waals surface area contributed by atoms with Crippen molar-refractivity contribution in [2.45, 2.75) is 32.7 Å². The highest BCUT2D eigenvalue weighted by atomic mass is 15.2. The lowest BCUT2D eigenvalue weighted by Gasteiger charge is -2.26. The summed E-state index contributed by atoms with van der Waals surface area (Å²) in [5.41, 5.74) is 8.73. The second-order valence-electron chi connectivity index (χ2n) is 9.65. The standard InChI is InChI=1S/C27H26N10/c1-17-14-37(16-30-17)23-13-29-12-22-24(23)33-27(32-22)26-25-21(34-35-26)6-5-20(31-25)19-9-18(10-28-11-19)15-36-7-3-2-4-8-36/h5-6,9-14,16H,2-4,7-8,15H2,1H3,(H,32,33)(H,34,35). The molecule has 2 N–H and O–H groups in total. The molecule has 1 saturated heterocycles. The molecule has 0 aromatic carbocycles. The van der Waals surface area contributed by atoms with Gasteiger partial charge < -0.3 is 9.55 Å². The molecular formula is C27H26N10. The van der Waals surface area contributed by atoms with Crippen LogP contribution in [0.25, 0.3) is 50.5 Å². The van der Waals surface area contributed by atoms with Crippen molar-refractivity contribution in [3.05, 3.63) is 66.8 Å².